The van der Waals surface area contributed by atoms with Crippen LogP contribution in [0.1, 0.15) is 30.0 Å². The smallest absolute Gasteiger partial charge is 0.193 e. The van der Waals surface area contributed by atoms with E-state index in [0.29, 0.717) is 13.2 Å². The lowest BCUT2D eigenvalue weighted by atomic mass is 10.1. The molecule has 7 nitrogen and oxygen atoms in total. The van der Waals surface area contributed by atoms with Gasteiger partial charge in [-0.25, -0.2) is 0 Å². The first-order valence-corrected chi connectivity index (χ1v) is 10.6. The van der Waals surface area contributed by atoms with E-state index in [2.05, 4.69) is 38.3 Å². The van der Waals surface area contributed by atoms with Gasteiger partial charge in [-0.05, 0) is 43.7 Å². The zero-order chi connectivity index (χ0) is 21.3. The first kappa shape index (κ1) is 22.2. The highest BCUT2D eigenvalue weighted by Crippen LogP contribution is 2.23. The average Bonchev–Trinajstić information content (AvgIpc) is 3.19. The van der Waals surface area contributed by atoms with E-state index in [1.165, 1.54) is 5.56 Å². The summed E-state index contributed by atoms with van der Waals surface area (Å²) in [6.07, 6.45) is 0. The van der Waals surface area contributed by atoms with Gasteiger partial charge in [-0.2, -0.15) is 0 Å². The molecule has 164 valence electrons. The SMILES string of the molecule is CCOc1ccc(CN(C)C(=NC)NCC(c2ccc(C)o2)N2CCOCC2)cc1. The lowest BCUT2D eigenvalue weighted by Gasteiger charge is -2.34. The van der Waals surface area contributed by atoms with Crippen LogP contribution in [0.2, 0.25) is 0 Å². The molecule has 1 atom stereocenters. The molecule has 0 saturated carbocycles. The second-order valence-electron chi connectivity index (χ2n) is 7.47. The molecule has 0 spiro atoms. The third kappa shape index (κ3) is 6.00. The van der Waals surface area contributed by atoms with E-state index >= 15 is 0 Å². The van der Waals surface area contributed by atoms with Gasteiger partial charge in [-0.1, -0.05) is 12.1 Å². The Labute approximate surface area is 179 Å². The molecule has 1 aliphatic heterocycles. The predicted molar refractivity (Wildman–Crippen MR) is 119 cm³/mol. The number of guanidine groups is 1. The normalized spacial score (nSPS) is 16.3. The predicted octanol–water partition coefficient (Wildman–Crippen LogP) is 3.07. The van der Waals surface area contributed by atoms with Gasteiger partial charge in [-0.3, -0.25) is 9.89 Å². The number of aliphatic imine (C=N–C) groups is 1. The van der Waals surface area contributed by atoms with Crippen molar-refractivity contribution in [2.24, 2.45) is 4.99 Å². The van der Waals surface area contributed by atoms with Crippen LogP contribution in [0.25, 0.3) is 0 Å². The summed E-state index contributed by atoms with van der Waals surface area (Å²) in [6.45, 7) is 9.42. The van der Waals surface area contributed by atoms with Crippen LogP contribution in [0.4, 0.5) is 0 Å². The van der Waals surface area contributed by atoms with Gasteiger partial charge in [-0.15, -0.1) is 0 Å². The molecule has 1 aliphatic rings. The quantitative estimate of drug-likeness (QED) is 0.529. The highest BCUT2D eigenvalue weighted by atomic mass is 16.5. The number of rotatable bonds is 8. The van der Waals surface area contributed by atoms with Gasteiger partial charge in [0.1, 0.15) is 17.3 Å². The van der Waals surface area contributed by atoms with Crippen molar-refractivity contribution in [2.75, 3.05) is 53.6 Å². The van der Waals surface area contributed by atoms with Crippen molar-refractivity contribution < 1.29 is 13.9 Å². The highest BCUT2D eigenvalue weighted by Gasteiger charge is 2.25. The minimum absolute atomic E-state index is 0.137. The second kappa shape index (κ2) is 11.0. The van der Waals surface area contributed by atoms with E-state index in [-0.39, 0.29) is 6.04 Å². The molecule has 2 heterocycles. The Morgan fingerprint density at radius 1 is 1.20 bits per heavy atom. The standard InChI is InChI=1S/C23H34N4O3/c1-5-29-20-9-7-19(8-10-20)17-26(4)23(24-3)25-16-21(22-11-6-18(2)30-22)27-12-14-28-15-13-27/h6-11,21H,5,12-17H2,1-4H3,(H,24,25). The monoisotopic (exact) mass is 414 g/mol. The Balaban J connectivity index is 1.62. The Bertz CT molecular complexity index is 797. The zero-order valence-electron chi connectivity index (χ0n) is 18.6. The van der Waals surface area contributed by atoms with Gasteiger partial charge in [0, 0.05) is 40.3 Å². The van der Waals surface area contributed by atoms with Crippen LogP contribution in [0, 0.1) is 6.92 Å². The first-order chi connectivity index (χ1) is 14.6. The number of aryl methyl sites for hydroxylation is 1. The summed E-state index contributed by atoms with van der Waals surface area (Å²) in [5, 5.41) is 3.54. The molecule has 1 aromatic heterocycles. The van der Waals surface area contributed by atoms with Crippen molar-refractivity contribution in [1.82, 2.24) is 15.1 Å². The van der Waals surface area contributed by atoms with Crippen LogP contribution in [-0.4, -0.2) is 69.3 Å². The molecule has 1 fully saturated rings. The van der Waals surface area contributed by atoms with E-state index < -0.39 is 0 Å². The summed E-state index contributed by atoms with van der Waals surface area (Å²) in [5.41, 5.74) is 1.20. The summed E-state index contributed by atoms with van der Waals surface area (Å²) in [6, 6.07) is 12.4. The van der Waals surface area contributed by atoms with E-state index in [1.807, 2.05) is 46.1 Å². The number of hydrogen-bond donors (Lipinski definition) is 1. The minimum Gasteiger partial charge on any atom is -0.494 e. The summed E-state index contributed by atoms with van der Waals surface area (Å²) >= 11 is 0. The van der Waals surface area contributed by atoms with E-state index in [1.54, 1.807) is 0 Å². The van der Waals surface area contributed by atoms with E-state index in [4.69, 9.17) is 13.9 Å². The summed E-state index contributed by atoms with van der Waals surface area (Å²) in [5.74, 6) is 3.66. The van der Waals surface area contributed by atoms with Gasteiger partial charge in [0.25, 0.3) is 0 Å². The van der Waals surface area contributed by atoms with Gasteiger partial charge >= 0.3 is 0 Å². The number of nitrogens with zero attached hydrogens (tertiary/aromatic N) is 3. The van der Waals surface area contributed by atoms with Crippen LogP contribution >= 0.6 is 0 Å². The van der Waals surface area contributed by atoms with Crippen molar-refractivity contribution in [3.05, 3.63) is 53.5 Å². The zero-order valence-corrected chi connectivity index (χ0v) is 18.6. The lowest BCUT2D eigenvalue weighted by molar-refractivity contribution is 0.0123. The fraction of sp³-hybridized carbons (Fsp3) is 0.522. The molecule has 0 bridgehead atoms. The molecule has 0 amide bonds. The van der Waals surface area contributed by atoms with Gasteiger partial charge in [0.15, 0.2) is 5.96 Å². The Morgan fingerprint density at radius 3 is 2.53 bits per heavy atom. The van der Waals surface area contributed by atoms with Gasteiger partial charge < -0.3 is 24.1 Å². The molecule has 1 aromatic carbocycles. The first-order valence-electron chi connectivity index (χ1n) is 10.6. The number of furan rings is 1. The maximum Gasteiger partial charge on any atom is 0.193 e. The van der Waals surface area contributed by atoms with Crippen molar-refractivity contribution in [3.63, 3.8) is 0 Å². The molecule has 2 aromatic rings. The average molecular weight is 415 g/mol. The summed E-state index contributed by atoms with van der Waals surface area (Å²) in [7, 11) is 3.87. The molecule has 1 unspecified atom stereocenters. The van der Waals surface area contributed by atoms with Crippen molar-refractivity contribution in [2.45, 2.75) is 26.4 Å². The molecule has 30 heavy (non-hydrogen) atoms. The fourth-order valence-corrected chi connectivity index (χ4v) is 3.71. The maximum absolute atomic E-state index is 5.96. The molecule has 0 aliphatic carbocycles. The molecular weight excluding hydrogens is 380 g/mol. The number of nitrogens with one attached hydrogen (secondary N) is 1. The third-order valence-electron chi connectivity index (χ3n) is 5.26. The van der Waals surface area contributed by atoms with Crippen molar-refractivity contribution in [3.8, 4) is 5.75 Å². The van der Waals surface area contributed by atoms with Crippen molar-refractivity contribution >= 4 is 5.96 Å². The Hall–Kier alpha value is -2.51. The highest BCUT2D eigenvalue weighted by molar-refractivity contribution is 5.79. The number of hydrogen-bond acceptors (Lipinski definition) is 5. The van der Waals surface area contributed by atoms with Gasteiger partial charge in [0.2, 0.25) is 0 Å². The van der Waals surface area contributed by atoms with Crippen LogP contribution in [0.15, 0.2) is 45.8 Å². The molecule has 1 N–H and O–H groups in total. The van der Waals surface area contributed by atoms with Crippen molar-refractivity contribution in [1.29, 1.82) is 0 Å². The fourth-order valence-electron chi connectivity index (χ4n) is 3.71. The largest absolute Gasteiger partial charge is 0.494 e. The van der Waals surface area contributed by atoms with Crippen LogP contribution in [0.5, 0.6) is 5.75 Å². The Kier molecular flexibility index (Phi) is 8.16. The molecule has 7 heteroatoms. The van der Waals surface area contributed by atoms with Crippen LogP contribution < -0.4 is 10.1 Å². The molecular formula is C23H34N4O3. The summed E-state index contributed by atoms with van der Waals surface area (Å²) < 4.78 is 17.0. The van der Waals surface area contributed by atoms with Crippen LogP contribution in [0.3, 0.4) is 0 Å². The number of benzene rings is 1. The number of ether oxygens (including phenoxy) is 2. The second-order valence-corrected chi connectivity index (χ2v) is 7.47. The maximum atomic E-state index is 5.96. The Morgan fingerprint density at radius 2 is 1.93 bits per heavy atom. The minimum atomic E-state index is 0.137. The number of morpholine rings is 1. The molecule has 0 radical (unpaired) electrons. The lowest BCUT2D eigenvalue weighted by Crippen LogP contribution is -2.46. The topological polar surface area (TPSA) is 62.5 Å². The summed E-state index contributed by atoms with van der Waals surface area (Å²) in [4.78, 5) is 9.02. The van der Waals surface area contributed by atoms with E-state index in [9.17, 15) is 0 Å². The molecule has 1 saturated heterocycles. The van der Waals surface area contributed by atoms with E-state index in [0.717, 1.165) is 56.1 Å². The van der Waals surface area contributed by atoms with Gasteiger partial charge in [0.05, 0.1) is 25.9 Å². The van der Waals surface area contributed by atoms with Crippen LogP contribution in [-0.2, 0) is 11.3 Å². The third-order valence-corrected chi connectivity index (χ3v) is 5.26. The molecule has 3 rings (SSSR count).